The number of unbranched alkanes of at least 4 members (excludes halogenated alkanes) is 5. The first-order valence-electron chi connectivity index (χ1n) is 7.39. The first-order valence-corrected chi connectivity index (χ1v) is 8.75. The molecule has 0 aliphatic rings. The molecule has 0 saturated carbocycles. The van der Waals surface area contributed by atoms with E-state index in [1.807, 2.05) is 0 Å². The summed E-state index contributed by atoms with van der Waals surface area (Å²) in [5.41, 5.74) is 0.310. The maximum atomic E-state index is 10.4. The van der Waals surface area contributed by atoms with Gasteiger partial charge >= 0.3 is 10.4 Å². The van der Waals surface area contributed by atoms with Crippen molar-refractivity contribution in [3.8, 4) is 0 Å². The van der Waals surface area contributed by atoms with E-state index in [9.17, 15) is 8.42 Å². The molecule has 1 N–H and O–H groups in total. The van der Waals surface area contributed by atoms with Crippen LogP contribution >= 0.6 is 0 Å². The van der Waals surface area contributed by atoms with Gasteiger partial charge in [0.2, 0.25) is 0 Å². The highest BCUT2D eigenvalue weighted by molar-refractivity contribution is 7.80. The van der Waals surface area contributed by atoms with Gasteiger partial charge in [-0.3, -0.25) is 4.55 Å². The standard InChI is InChI=1S/C14H30O4S/c1-4-5-6-7-8-11-14(2,3)12-9-10-13-18-19(15,16)17/h4-13H2,1-3H3,(H,15,16,17). The van der Waals surface area contributed by atoms with Gasteiger partial charge in [0, 0.05) is 0 Å². The molecule has 19 heavy (non-hydrogen) atoms. The van der Waals surface area contributed by atoms with Crippen molar-refractivity contribution in [1.82, 2.24) is 0 Å². The molecule has 0 atom stereocenters. The summed E-state index contributed by atoms with van der Waals surface area (Å²) in [6.07, 6.45) is 10.4. The number of rotatable bonds is 12. The zero-order valence-corrected chi connectivity index (χ0v) is 13.5. The van der Waals surface area contributed by atoms with Crippen LogP contribution in [0.4, 0.5) is 0 Å². The summed E-state index contributed by atoms with van der Waals surface area (Å²) >= 11 is 0. The predicted molar refractivity (Wildman–Crippen MR) is 78.5 cm³/mol. The lowest BCUT2D eigenvalue weighted by molar-refractivity contribution is 0.241. The second-order valence-electron chi connectivity index (χ2n) is 6.04. The Balaban J connectivity index is 3.56. The Morgan fingerprint density at radius 3 is 2.00 bits per heavy atom. The van der Waals surface area contributed by atoms with Gasteiger partial charge in [-0.15, -0.1) is 0 Å². The molecule has 116 valence electrons. The van der Waals surface area contributed by atoms with Crippen molar-refractivity contribution in [2.24, 2.45) is 5.41 Å². The van der Waals surface area contributed by atoms with Gasteiger partial charge in [-0.1, -0.05) is 59.3 Å². The summed E-state index contributed by atoms with van der Waals surface area (Å²) in [5.74, 6) is 0. The lowest BCUT2D eigenvalue weighted by Crippen LogP contribution is -2.12. The second-order valence-corrected chi connectivity index (χ2v) is 7.13. The van der Waals surface area contributed by atoms with Crippen LogP contribution in [0.3, 0.4) is 0 Å². The van der Waals surface area contributed by atoms with Crippen molar-refractivity contribution >= 4 is 10.4 Å². The fraction of sp³-hybridized carbons (Fsp3) is 1.00. The molecule has 0 spiro atoms. The monoisotopic (exact) mass is 294 g/mol. The third-order valence-electron chi connectivity index (χ3n) is 3.44. The maximum Gasteiger partial charge on any atom is 0.397 e. The number of hydrogen-bond acceptors (Lipinski definition) is 3. The van der Waals surface area contributed by atoms with Gasteiger partial charge in [0.1, 0.15) is 0 Å². The molecule has 0 aliphatic carbocycles. The Morgan fingerprint density at radius 1 is 0.947 bits per heavy atom. The molecular weight excluding hydrogens is 264 g/mol. The van der Waals surface area contributed by atoms with Gasteiger partial charge in [0.15, 0.2) is 0 Å². The summed E-state index contributed by atoms with van der Waals surface area (Å²) in [6, 6.07) is 0. The minimum atomic E-state index is -4.26. The molecule has 0 heterocycles. The molecule has 0 aliphatic heterocycles. The van der Waals surface area contributed by atoms with E-state index < -0.39 is 10.4 Å². The highest BCUT2D eigenvalue weighted by Gasteiger charge is 2.16. The molecule has 0 aromatic carbocycles. The van der Waals surface area contributed by atoms with Crippen LogP contribution in [-0.2, 0) is 14.6 Å². The van der Waals surface area contributed by atoms with Crippen LogP contribution in [0.5, 0.6) is 0 Å². The quantitative estimate of drug-likeness (QED) is 0.429. The largest absolute Gasteiger partial charge is 0.397 e. The van der Waals surface area contributed by atoms with Crippen LogP contribution in [-0.4, -0.2) is 19.6 Å². The van der Waals surface area contributed by atoms with E-state index in [4.69, 9.17) is 4.55 Å². The fourth-order valence-electron chi connectivity index (χ4n) is 2.20. The molecule has 0 fully saturated rings. The van der Waals surface area contributed by atoms with Gasteiger partial charge in [-0.05, 0) is 24.7 Å². The van der Waals surface area contributed by atoms with E-state index >= 15 is 0 Å². The average Bonchev–Trinajstić information content (AvgIpc) is 2.26. The van der Waals surface area contributed by atoms with E-state index in [1.54, 1.807) is 0 Å². The van der Waals surface area contributed by atoms with Crippen LogP contribution in [0.15, 0.2) is 0 Å². The normalized spacial score (nSPS) is 12.8. The van der Waals surface area contributed by atoms with Crippen LogP contribution in [0.2, 0.25) is 0 Å². The molecule has 0 unspecified atom stereocenters. The highest BCUT2D eigenvalue weighted by atomic mass is 32.3. The van der Waals surface area contributed by atoms with Crippen molar-refractivity contribution in [2.75, 3.05) is 6.61 Å². The average molecular weight is 294 g/mol. The van der Waals surface area contributed by atoms with Gasteiger partial charge in [0.25, 0.3) is 0 Å². The topological polar surface area (TPSA) is 63.6 Å². The van der Waals surface area contributed by atoms with Gasteiger partial charge in [0.05, 0.1) is 6.61 Å². The maximum absolute atomic E-state index is 10.4. The molecule has 0 aromatic heterocycles. The van der Waals surface area contributed by atoms with Crippen LogP contribution in [0.1, 0.15) is 78.6 Å². The van der Waals surface area contributed by atoms with E-state index in [2.05, 4.69) is 25.0 Å². The first kappa shape index (κ1) is 18.9. The first-order chi connectivity index (χ1) is 8.77. The Hall–Kier alpha value is -0.130. The molecule has 0 saturated heterocycles. The van der Waals surface area contributed by atoms with Gasteiger partial charge < -0.3 is 0 Å². The van der Waals surface area contributed by atoms with Crippen LogP contribution in [0, 0.1) is 5.41 Å². The van der Waals surface area contributed by atoms with E-state index in [1.165, 1.54) is 38.5 Å². The van der Waals surface area contributed by atoms with Crippen molar-refractivity contribution in [3.63, 3.8) is 0 Å². The van der Waals surface area contributed by atoms with Crippen molar-refractivity contribution < 1.29 is 17.2 Å². The lowest BCUT2D eigenvalue weighted by atomic mass is 9.82. The van der Waals surface area contributed by atoms with Gasteiger partial charge in [-0.25, -0.2) is 4.18 Å². The summed E-state index contributed by atoms with van der Waals surface area (Å²) in [7, 11) is -4.26. The zero-order chi connectivity index (χ0) is 14.8. The fourth-order valence-corrected chi connectivity index (χ4v) is 2.53. The van der Waals surface area contributed by atoms with Crippen molar-refractivity contribution in [3.05, 3.63) is 0 Å². The Bertz CT molecular complexity index is 309. The SMILES string of the molecule is CCCCCCCC(C)(C)CCCCOS(=O)(=O)O. The molecule has 0 radical (unpaired) electrons. The van der Waals surface area contributed by atoms with E-state index in [0.29, 0.717) is 11.8 Å². The number of hydrogen-bond donors (Lipinski definition) is 1. The minimum absolute atomic E-state index is 0.0748. The zero-order valence-electron chi connectivity index (χ0n) is 12.7. The van der Waals surface area contributed by atoms with Gasteiger partial charge in [-0.2, -0.15) is 8.42 Å². The molecule has 0 bridgehead atoms. The highest BCUT2D eigenvalue weighted by Crippen LogP contribution is 2.30. The summed E-state index contributed by atoms with van der Waals surface area (Å²) in [5, 5.41) is 0. The van der Waals surface area contributed by atoms with Crippen LogP contribution < -0.4 is 0 Å². The molecule has 4 nitrogen and oxygen atoms in total. The van der Waals surface area contributed by atoms with Crippen molar-refractivity contribution in [2.45, 2.75) is 78.6 Å². The van der Waals surface area contributed by atoms with E-state index in [0.717, 1.165) is 12.8 Å². The summed E-state index contributed by atoms with van der Waals surface area (Å²) in [6.45, 7) is 6.82. The Labute approximate surface area is 118 Å². The van der Waals surface area contributed by atoms with E-state index in [-0.39, 0.29) is 6.61 Å². The smallest absolute Gasteiger partial charge is 0.264 e. The minimum Gasteiger partial charge on any atom is -0.264 e. The Kier molecular flexibility index (Phi) is 9.66. The summed E-state index contributed by atoms with van der Waals surface area (Å²) in [4.78, 5) is 0. The predicted octanol–water partition coefficient (Wildman–Crippen LogP) is 4.36. The molecule has 0 aromatic rings. The molecule has 0 rings (SSSR count). The third-order valence-corrected chi connectivity index (χ3v) is 3.90. The van der Waals surface area contributed by atoms with Crippen LogP contribution in [0.25, 0.3) is 0 Å². The van der Waals surface area contributed by atoms with Crippen molar-refractivity contribution in [1.29, 1.82) is 0 Å². The summed E-state index contributed by atoms with van der Waals surface area (Å²) < 4.78 is 33.4. The molecule has 5 heteroatoms. The lowest BCUT2D eigenvalue weighted by Gasteiger charge is -2.24. The third kappa shape index (κ3) is 14.1. The molecular formula is C14H30O4S. The second kappa shape index (κ2) is 9.72. The molecule has 0 amide bonds. The Morgan fingerprint density at radius 2 is 1.47 bits per heavy atom.